The zero-order valence-electron chi connectivity index (χ0n) is 55.1. The van der Waals surface area contributed by atoms with Gasteiger partial charge in [-0.15, -0.1) is 0 Å². The van der Waals surface area contributed by atoms with Crippen LogP contribution in [0, 0.1) is 53.3 Å². The Hall–Kier alpha value is -6.49. The first-order valence-electron chi connectivity index (χ1n) is 33.2. The molecule has 6 N–H and O–H groups in total. The van der Waals surface area contributed by atoms with E-state index in [0.717, 1.165) is 31.5 Å². The van der Waals surface area contributed by atoms with Gasteiger partial charge in [-0.2, -0.15) is 0 Å². The third-order valence-electron chi connectivity index (χ3n) is 20.0. The van der Waals surface area contributed by atoms with Crippen molar-refractivity contribution in [3.63, 3.8) is 0 Å². The number of methoxy groups -OCH3 is 2. The van der Waals surface area contributed by atoms with Gasteiger partial charge in [0.2, 0.25) is 5.79 Å². The molecule has 23 nitrogen and oxygen atoms in total. The minimum absolute atomic E-state index is 0.0331. The summed E-state index contributed by atoms with van der Waals surface area (Å²) in [5.74, 6) is -0.808. The highest BCUT2D eigenvalue weighted by Crippen LogP contribution is 2.45. The highest BCUT2D eigenvalue weighted by molar-refractivity contribution is 6.39. The lowest BCUT2D eigenvalue weighted by atomic mass is 9.78. The number of Topliss-reactive ketones (excluding diaryl/α,β-unsaturated/α-hetero) is 3. The standard InChI is InChI=1S/C69H96N8O15/c1-11-76-59-56(88-38-46-19-17-28-71-36-46)37-72-49(57(59)73-65(76)58-64(70)75-92-74-58)26-27-68(8)48-20-14-12-13-18-39(2)30-42(5)60(80)62(87-10)61(81)43(6)31-40(3)52(79)35-53(41(4)32-45-23-25-51(78)55(33-45)86-9)89-67(84)50-21-15-16-29-77(50)66(83)63(82)69(85)44(7)22-24-47(90-69)34-54(48)91-68/h12-14,18,20,31,37,39-42,44-47,50-51,53-55,61-62,71,78,81,85H,11,15-17,19,21-25,28-30,32-36,38H2,1-10H3,(H2,70,75)/b14-12+,18-13+,43-31+,48-20?/t39-,40-,41?,42-,44-,45-,46+,47+,50+,51-,53+,54-,55-,61-,62+,68?,69-/m1/s1. The number of aryl methyl sites for hydroxylation is 1. The number of hydrogen-bond donors (Lipinski definition) is 5. The second kappa shape index (κ2) is 30.7. The highest BCUT2D eigenvalue weighted by atomic mass is 16.6. The molecule has 1 amide bonds. The van der Waals surface area contributed by atoms with Crippen molar-refractivity contribution >= 4 is 46.1 Å². The van der Waals surface area contributed by atoms with Gasteiger partial charge in [-0.3, -0.25) is 19.2 Å². The van der Waals surface area contributed by atoms with E-state index in [0.29, 0.717) is 111 Å². The Kier molecular flexibility index (Phi) is 23.3. The number of carbonyl (C=O) groups excluding carboxylic acids is 5. The van der Waals surface area contributed by atoms with E-state index in [1.54, 1.807) is 47.1 Å². The highest BCUT2D eigenvalue weighted by Gasteiger charge is 2.55. The second-order valence-electron chi connectivity index (χ2n) is 26.8. The molecule has 5 fully saturated rings. The summed E-state index contributed by atoms with van der Waals surface area (Å²) in [5, 5.41) is 46.1. The van der Waals surface area contributed by atoms with Crippen molar-refractivity contribution in [2.24, 2.45) is 41.4 Å². The lowest BCUT2D eigenvalue weighted by Crippen LogP contribution is -2.61. The van der Waals surface area contributed by atoms with Crippen LogP contribution in [0.4, 0.5) is 5.82 Å². The number of amides is 1. The van der Waals surface area contributed by atoms with E-state index in [4.69, 9.17) is 48.8 Å². The Balaban J connectivity index is 1.03. The number of nitrogens with one attached hydrogen (secondary N) is 1. The summed E-state index contributed by atoms with van der Waals surface area (Å²) in [4.78, 5) is 83.6. The zero-order chi connectivity index (χ0) is 66.2. The molecule has 0 radical (unpaired) electrons. The third kappa shape index (κ3) is 15.7. The molecule has 17 atom stereocenters. The lowest BCUT2D eigenvalue weighted by molar-refractivity contribution is -0.269. The number of rotatable bonds is 10. The van der Waals surface area contributed by atoms with Crippen molar-refractivity contribution in [2.45, 2.75) is 212 Å². The molecule has 2 bridgehead atoms. The first-order valence-corrected chi connectivity index (χ1v) is 33.2. The Morgan fingerprint density at radius 3 is 2.43 bits per heavy atom. The molecule has 1 saturated carbocycles. The normalized spacial score (nSPS) is 35.2. The number of nitrogens with zero attached hydrogens (tertiary/aromatic N) is 6. The fourth-order valence-electron chi connectivity index (χ4n) is 14.3. The molecular weight excluding hydrogens is 1180 g/mol. The largest absolute Gasteiger partial charge is 0.489 e. The molecule has 502 valence electrons. The Morgan fingerprint density at radius 2 is 1.72 bits per heavy atom. The summed E-state index contributed by atoms with van der Waals surface area (Å²) >= 11 is 0. The van der Waals surface area contributed by atoms with Crippen LogP contribution in [0.5, 0.6) is 5.75 Å². The SMILES string of the molecule is CCn1c(-c2nonc2N)nc2c(C#CC3(C)O[C@@H]4C[C@@H]5CC[C@@H](C)[C@@](O)(O5)C(=O)C(=O)N5CCCC[C@H]5C(=O)O[C@H](C(C)C[C@H]5CC[C@@H](O)[C@H](OC)C5)CC(=O)[C@H](C)/C=C(\C)[C@@H](O)[C@@H](OC)C(=O)[C@H](C)C[C@H](C)/C=C/C=C/C=C43)ncc(OC[C@H]3CCCNC3)c21. The van der Waals surface area contributed by atoms with Gasteiger partial charge >= 0.3 is 5.97 Å². The number of ketones is 3. The van der Waals surface area contributed by atoms with Crippen LogP contribution < -0.4 is 15.8 Å². The van der Waals surface area contributed by atoms with Crippen molar-refractivity contribution in [1.82, 2.24) is 35.1 Å². The maximum atomic E-state index is 14.7. The van der Waals surface area contributed by atoms with Gasteiger partial charge < -0.3 is 64.3 Å². The molecule has 1 aliphatic carbocycles. The van der Waals surface area contributed by atoms with E-state index >= 15 is 0 Å². The first-order chi connectivity index (χ1) is 44.0. The molecule has 9 rings (SSSR count). The number of pyridine rings is 1. The molecular formula is C69H96N8O15. The fraction of sp³-hybridized carbons (Fsp3) is 0.667. The molecule has 4 saturated heterocycles. The van der Waals surface area contributed by atoms with Crippen LogP contribution in [0.15, 0.2) is 58.4 Å². The molecule has 23 heteroatoms. The Labute approximate surface area is 539 Å². The summed E-state index contributed by atoms with van der Waals surface area (Å²) in [6, 6.07) is -1.21. The number of cyclic esters (lactones) is 1. The maximum absolute atomic E-state index is 14.7. The van der Waals surface area contributed by atoms with Crippen LogP contribution in [-0.2, 0) is 54.2 Å². The number of carbonyl (C=O) groups is 5. The number of esters is 1. The number of hydrogen-bond acceptors (Lipinski definition) is 21. The number of nitrogens with two attached hydrogens (primary N) is 1. The van der Waals surface area contributed by atoms with E-state index in [2.05, 4.69) is 27.5 Å². The number of aromatic nitrogens is 5. The molecule has 5 aliphatic heterocycles. The van der Waals surface area contributed by atoms with Crippen LogP contribution in [0.1, 0.15) is 151 Å². The van der Waals surface area contributed by atoms with E-state index in [9.17, 15) is 39.3 Å². The van der Waals surface area contributed by atoms with Gasteiger partial charge in [0, 0.05) is 75.9 Å². The monoisotopic (exact) mass is 1280 g/mol. The van der Waals surface area contributed by atoms with Crippen molar-refractivity contribution in [3.8, 4) is 29.1 Å². The Morgan fingerprint density at radius 1 is 0.924 bits per heavy atom. The molecule has 3 aromatic rings. The van der Waals surface area contributed by atoms with Crippen molar-refractivity contribution < 1.29 is 72.3 Å². The number of piperidine rings is 2. The Bertz CT molecular complexity index is 3320. The van der Waals surface area contributed by atoms with Crippen molar-refractivity contribution in [3.05, 3.63) is 59.5 Å². The average Bonchev–Trinajstić information content (AvgIpc) is 1.24. The van der Waals surface area contributed by atoms with Gasteiger partial charge in [0.1, 0.15) is 46.9 Å². The van der Waals surface area contributed by atoms with E-state index in [-0.39, 0.29) is 72.7 Å². The predicted molar refractivity (Wildman–Crippen MR) is 341 cm³/mol. The summed E-state index contributed by atoms with van der Waals surface area (Å²) in [6.07, 6.45) is 13.5. The van der Waals surface area contributed by atoms with Gasteiger partial charge in [-0.1, -0.05) is 77.0 Å². The summed E-state index contributed by atoms with van der Waals surface area (Å²) in [7, 11) is 2.93. The van der Waals surface area contributed by atoms with Crippen molar-refractivity contribution in [1.29, 1.82) is 0 Å². The van der Waals surface area contributed by atoms with Crippen LogP contribution in [0.25, 0.3) is 22.6 Å². The van der Waals surface area contributed by atoms with E-state index < -0.39 is 89.5 Å². The van der Waals surface area contributed by atoms with Crippen molar-refractivity contribution in [2.75, 3.05) is 46.2 Å². The number of nitrogen functional groups attached to an aromatic ring is 1. The maximum Gasteiger partial charge on any atom is 0.329 e. The number of imidazole rings is 1. The summed E-state index contributed by atoms with van der Waals surface area (Å²) < 4.78 is 44.2. The quantitative estimate of drug-likeness (QED) is 0.0583. The molecule has 0 aromatic carbocycles. The number of anilines is 1. The molecule has 0 spiro atoms. The number of allylic oxidation sites excluding steroid dienone is 6. The van der Waals surface area contributed by atoms with Crippen LogP contribution in [0.2, 0.25) is 0 Å². The predicted octanol–water partition coefficient (Wildman–Crippen LogP) is 7.13. The lowest BCUT2D eigenvalue weighted by Gasteiger charge is -2.48. The molecule has 3 aromatic heterocycles. The van der Waals surface area contributed by atoms with Gasteiger partial charge in [-0.25, -0.2) is 19.4 Å². The fourth-order valence-corrected chi connectivity index (χ4v) is 14.3. The molecule has 6 aliphatic rings. The van der Waals surface area contributed by atoms with Crippen LogP contribution in [0.3, 0.4) is 0 Å². The average molecular weight is 1280 g/mol. The van der Waals surface area contributed by atoms with Gasteiger partial charge in [0.05, 0.1) is 37.2 Å². The second-order valence-corrected chi connectivity index (χ2v) is 26.8. The topological polar surface area (TPSA) is 312 Å². The first kappa shape index (κ1) is 69.8. The molecule has 2 unspecified atom stereocenters. The van der Waals surface area contributed by atoms with E-state index in [1.807, 2.05) is 62.6 Å². The summed E-state index contributed by atoms with van der Waals surface area (Å²) in [5.41, 5.74) is 7.81. The van der Waals surface area contributed by atoms with Gasteiger partial charge in [0.15, 0.2) is 34.5 Å². The van der Waals surface area contributed by atoms with Gasteiger partial charge in [0.25, 0.3) is 11.7 Å². The zero-order valence-corrected chi connectivity index (χ0v) is 55.1. The van der Waals surface area contributed by atoms with E-state index in [1.165, 1.54) is 12.0 Å². The van der Waals surface area contributed by atoms with Gasteiger partial charge in [-0.05, 0) is 144 Å². The number of aliphatic hydroxyl groups is 3. The number of aliphatic hydroxyl groups excluding tert-OH is 2. The van der Waals surface area contributed by atoms with Crippen LogP contribution in [-0.4, -0.2) is 175 Å². The molecule has 92 heavy (non-hydrogen) atoms. The molecule has 8 heterocycles. The third-order valence-corrected chi connectivity index (χ3v) is 20.0. The minimum atomic E-state index is -2.56. The summed E-state index contributed by atoms with van der Waals surface area (Å²) in [6.45, 7) is 17.2. The minimum Gasteiger partial charge on any atom is -0.489 e. The van der Waals surface area contributed by atoms with Crippen LogP contribution >= 0.6 is 0 Å². The smallest absolute Gasteiger partial charge is 0.329 e. The number of fused-ring (bicyclic) bond motifs is 5. The number of ether oxygens (including phenoxy) is 6.